The third-order valence-electron chi connectivity index (χ3n) is 4.95. The normalized spacial score (nSPS) is 18.6. The number of benzene rings is 1. The molecule has 2 N–H and O–H groups in total. The number of aromatic nitrogens is 6. The number of allylic oxidation sites excluding steroid dienone is 1. The van der Waals surface area contributed by atoms with E-state index in [2.05, 4.69) is 66.6 Å². The molecule has 0 spiro atoms. The fraction of sp³-hybridized carbons (Fsp3) is 0.100. The van der Waals surface area contributed by atoms with E-state index in [9.17, 15) is 0 Å². The molecule has 0 saturated heterocycles. The van der Waals surface area contributed by atoms with Gasteiger partial charge in [-0.2, -0.15) is 5.10 Å². The summed E-state index contributed by atoms with van der Waals surface area (Å²) < 4.78 is 0. The maximum atomic E-state index is 4.57. The van der Waals surface area contributed by atoms with Gasteiger partial charge in [0.15, 0.2) is 0 Å². The maximum Gasteiger partial charge on any atom is 0.117 e. The van der Waals surface area contributed by atoms with Crippen molar-refractivity contribution in [1.82, 2.24) is 30.1 Å². The van der Waals surface area contributed by atoms with Gasteiger partial charge in [-0.25, -0.2) is 15.0 Å². The van der Waals surface area contributed by atoms with Crippen molar-refractivity contribution in [3.63, 3.8) is 0 Å². The highest BCUT2D eigenvalue weighted by atomic mass is 15.1. The molecule has 1 atom stereocenters. The third-order valence-corrected chi connectivity index (χ3v) is 4.95. The number of nitrogens with one attached hydrogen (secondary N) is 2. The molecule has 1 aromatic carbocycles. The average Bonchev–Trinajstić information content (AvgIpc) is 3.38. The van der Waals surface area contributed by atoms with E-state index in [0.717, 1.165) is 34.8 Å². The predicted octanol–water partition coefficient (Wildman–Crippen LogP) is 3.15. The van der Waals surface area contributed by atoms with Crippen molar-refractivity contribution < 1.29 is 0 Å². The van der Waals surface area contributed by atoms with Gasteiger partial charge in [0.2, 0.25) is 0 Å². The van der Waals surface area contributed by atoms with Crippen LogP contribution in [-0.2, 0) is 11.8 Å². The molecule has 1 unspecified atom stereocenters. The van der Waals surface area contributed by atoms with Crippen LogP contribution in [0.1, 0.15) is 22.5 Å². The van der Waals surface area contributed by atoms with E-state index in [0.29, 0.717) is 0 Å². The van der Waals surface area contributed by atoms with Crippen LogP contribution in [0, 0.1) is 0 Å². The number of fused-ring (bicyclic) bond motifs is 1. The Labute approximate surface area is 150 Å². The second-order valence-electron chi connectivity index (χ2n) is 6.37. The van der Waals surface area contributed by atoms with Crippen LogP contribution < -0.4 is 0 Å². The van der Waals surface area contributed by atoms with E-state index in [4.69, 9.17) is 0 Å². The molecule has 0 fully saturated rings. The van der Waals surface area contributed by atoms with Crippen LogP contribution in [0.4, 0.5) is 0 Å². The second-order valence-corrected chi connectivity index (χ2v) is 6.37. The highest BCUT2D eigenvalue weighted by molar-refractivity contribution is 5.74. The van der Waals surface area contributed by atoms with Crippen molar-refractivity contribution in [1.29, 1.82) is 0 Å². The number of aromatic amines is 2. The number of hydrogen-bond donors (Lipinski definition) is 2. The number of H-pyrrole nitrogens is 2. The molecule has 0 amide bonds. The van der Waals surface area contributed by atoms with Crippen LogP contribution >= 0.6 is 0 Å². The minimum Gasteiger partial charge on any atom is -0.343 e. The van der Waals surface area contributed by atoms with Crippen LogP contribution in [0.25, 0.3) is 17.5 Å². The van der Waals surface area contributed by atoms with Crippen LogP contribution in [0.2, 0.25) is 0 Å². The summed E-state index contributed by atoms with van der Waals surface area (Å²) in [6, 6.07) is 12.4. The Morgan fingerprint density at radius 3 is 2.73 bits per heavy atom. The molecule has 6 nitrogen and oxygen atoms in total. The van der Waals surface area contributed by atoms with Crippen molar-refractivity contribution in [2.24, 2.45) is 0 Å². The second kappa shape index (κ2) is 5.77. The molecule has 0 bridgehead atoms. The van der Waals surface area contributed by atoms with Crippen molar-refractivity contribution in [3.05, 3.63) is 90.0 Å². The van der Waals surface area contributed by atoms with Crippen molar-refractivity contribution in [3.8, 4) is 11.4 Å². The Morgan fingerprint density at radius 1 is 1.04 bits per heavy atom. The predicted molar refractivity (Wildman–Crippen MR) is 98.2 cm³/mol. The van der Waals surface area contributed by atoms with E-state index in [1.54, 1.807) is 25.0 Å². The number of rotatable bonds is 3. The zero-order valence-electron chi connectivity index (χ0n) is 13.9. The van der Waals surface area contributed by atoms with Crippen LogP contribution in [0.5, 0.6) is 0 Å². The molecule has 0 aliphatic heterocycles. The molecule has 5 rings (SSSR count). The zero-order valence-corrected chi connectivity index (χ0v) is 13.9. The number of hydrogen-bond acceptors (Lipinski definition) is 4. The number of nitrogens with zero attached hydrogens (tertiary/aromatic N) is 4. The minimum absolute atomic E-state index is 0.352. The largest absolute Gasteiger partial charge is 0.343 e. The number of imidazole rings is 1. The summed E-state index contributed by atoms with van der Waals surface area (Å²) in [5, 5.41) is 7.73. The first-order valence-electron chi connectivity index (χ1n) is 8.44. The van der Waals surface area contributed by atoms with Gasteiger partial charge < -0.3 is 4.98 Å². The van der Waals surface area contributed by atoms with Crippen LogP contribution in [-0.4, -0.2) is 30.1 Å². The summed E-state index contributed by atoms with van der Waals surface area (Å²) in [6.45, 7) is 0. The molecule has 0 radical (unpaired) electrons. The van der Waals surface area contributed by atoms with Gasteiger partial charge in [-0.3, -0.25) is 5.10 Å². The van der Waals surface area contributed by atoms with Crippen LogP contribution in [0.3, 0.4) is 0 Å². The molecular weight excluding hydrogens is 324 g/mol. The highest BCUT2D eigenvalue weighted by Gasteiger charge is 2.37. The van der Waals surface area contributed by atoms with Crippen LogP contribution in [0.15, 0.2) is 67.5 Å². The topological polar surface area (TPSA) is 83.1 Å². The molecule has 3 heterocycles. The molecule has 126 valence electrons. The standard InChI is InChI=1S/C20H16N6/c1-2-4-14(5-3-1)20(18-7-9-21-12-24-18)8-6-15-16(10-20)25-26-19(15)17-11-22-13-23-17/h1-9,11-13H,10H2,(H,22,23)(H,25,26). The SMILES string of the molecule is C1=CC(c2ccccc2)(c2ccncn2)Cc2[nH]nc(-c3cnc[nH]3)c21. The van der Waals surface area contributed by atoms with E-state index in [1.165, 1.54) is 5.56 Å². The summed E-state index contributed by atoms with van der Waals surface area (Å²) in [5.41, 5.74) is 5.78. The van der Waals surface area contributed by atoms with E-state index >= 15 is 0 Å². The summed E-state index contributed by atoms with van der Waals surface area (Å²) in [7, 11) is 0. The first-order chi connectivity index (χ1) is 12.9. The lowest BCUT2D eigenvalue weighted by Crippen LogP contribution is -2.31. The molecule has 6 heteroatoms. The summed E-state index contributed by atoms with van der Waals surface area (Å²) >= 11 is 0. The van der Waals surface area contributed by atoms with Gasteiger partial charge in [0.05, 0.1) is 29.3 Å². The fourth-order valence-electron chi connectivity index (χ4n) is 3.67. The van der Waals surface area contributed by atoms with Gasteiger partial charge in [0.1, 0.15) is 12.0 Å². The Balaban J connectivity index is 1.67. The van der Waals surface area contributed by atoms with E-state index in [-0.39, 0.29) is 5.41 Å². The fourth-order valence-corrected chi connectivity index (χ4v) is 3.67. The van der Waals surface area contributed by atoms with Gasteiger partial charge in [-0.05, 0) is 11.6 Å². The van der Waals surface area contributed by atoms with Crippen molar-refractivity contribution in [2.75, 3.05) is 0 Å². The monoisotopic (exact) mass is 340 g/mol. The molecule has 0 saturated carbocycles. The molecule has 3 aromatic heterocycles. The molecular formula is C20H16N6. The molecule has 1 aliphatic rings. The van der Waals surface area contributed by atoms with Crippen molar-refractivity contribution in [2.45, 2.75) is 11.8 Å². The Morgan fingerprint density at radius 2 is 1.96 bits per heavy atom. The maximum absolute atomic E-state index is 4.57. The lowest BCUT2D eigenvalue weighted by atomic mass is 9.70. The smallest absolute Gasteiger partial charge is 0.117 e. The van der Waals surface area contributed by atoms with Gasteiger partial charge in [0.25, 0.3) is 0 Å². The van der Waals surface area contributed by atoms with Gasteiger partial charge in [0, 0.05) is 23.9 Å². The Hall–Kier alpha value is -3.54. The zero-order chi connectivity index (χ0) is 17.4. The lowest BCUT2D eigenvalue weighted by Gasteiger charge is -2.33. The average molecular weight is 340 g/mol. The highest BCUT2D eigenvalue weighted by Crippen LogP contribution is 2.41. The summed E-state index contributed by atoms with van der Waals surface area (Å²) in [4.78, 5) is 15.9. The van der Waals surface area contributed by atoms with Gasteiger partial charge >= 0.3 is 0 Å². The van der Waals surface area contributed by atoms with Crippen molar-refractivity contribution >= 4 is 6.08 Å². The minimum atomic E-state index is -0.352. The lowest BCUT2D eigenvalue weighted by molar-refractivity contribution is 0.598. The first kappa shape index (κ1) is 14.8. The quantitative estimate of drug-likeness (QED) is 0.600. The van der Waals surface area contributed by atoms with Gasteiger partial charge in [-0.1, -0.05) is 42.5 Å². The van der Waals surface area contributed by atoms with E-state index < -0.39 is 0 Å². The third kappa shape index (κ3) is 2.19. The molecule has 1 aliphatic carbocycles. The summed E-state index contributed by atoms with van der Waals surface area (Å²) in [6.07, 6.45) is 12.0. The van der Waals surface area contributed by atoms with Gasteiger partial charge in [-0.15, -0.1) is 0 Å². The molecule has 4 aromatic rings. The first-order valence-corrected chi connectivity index (χ1v) is 8.44. The Kier molecular flexibility index (Phi) is 3.28. The Bertz CT molecular complexity index is 1010. The molecule has 26 heavy (non-hydrogen) atoms. The summed E-state index contributed by atoms with van der Waals surface area (Å²) in [5.74, 6) is 0. The van der Waals surface area contributed by atoms with E-state index in [1.807, 2.05) is 12.1 Å².